The first-order valence-electron chi connectivity index (χ1n) is 9.07. The fraction of sp³-hybridized carbons (Fsp3) is 0.421. The molecule has 1 aliphatic heterocycles. The highest BCUT2D eigenvalue weighted by Crippen LogP contribution is 2.37. The van der Waals surface area contributed by atoms with E-state index in [9.17, 15) is 18.0 Å². The summed E-state index contributed by atoms with van der Waals surface area (Å²) in [6, 6.07) is 1.46. The average Bonchev–Trinajstić information content (AvgIpc) is 3.23. The third kappa shape index (κ3) is 3.97. The molecule has 3 rings (SSSR count). The zero-order chi connectivity index (χ0) is 22.1. The van der Waals surface area contributed by atoms with Crippen LogP contribution in [-0.4, -0.2) is 70.2 Å². The molecular weight excluding hydrogens is 432 g/mol. The van der Waals surface area contributed by atoms with Crippen LogP contribution in [0.15, 0.2) is 15.7 Å². The molecule has 0 unspecified atom stereocenters. The molecule has 0 aliphatic carbocycles. The monoisotopic (exact) mass is 454 g/mol. The van der Waals surface area contributed by atoms with E-state index < -0.39 is 22.0 Å². The van der Waals surface area contributed by atoms with E-state index in [1.54, 1.807) is 19.2 Å². The maximum absolute atomic E-state index is 13.0. The van der Waals surface area contributed by atoms with Crippen molar-refractivity contribution in [3.8, 4) is 11.1 Å². The number of hydrogen-bond acceptors (Lipinski definition) is 9. The van der Waals surface area contributed by atoms with Crippen molar-refractivity contribution in [3.63, 3.8) is 0 Å². The van der Waals surface area contributed by atoms with E-state index in [-0.39, 0.29) is 34.0 Å². The molecule has 0 radical (unpaired) electrons. The lowest BCUT2D eigenvalue weighted by atomic mass is 9.94. The minimum atomic E-state index is -3.72. The Bertz CT molecular complexity index is 1050. The van der Waals surface area contributed by atoms with Gasteiger partial charge in [0.15, 0.2) is 0 Å². The van der Waals surface area contributed by atoms with Gasteiger partial charge in [-0.1, -0.05) is 0 Å². The summed E-state index contributed by atoms with van der Waals surface area (Å²) in [4.78, 5) is 29.3. The van der Waals surface area contributed by atoms with E-state index in [4.69, 9.17) is 14.2 Å². The van der Waals surface area contributed by atoms with Gasteiger partial charge in [0.1, 0.15) is 4.21 Å². The summed E-state index contributed by atoms with van der Waals surface area (Å²) in [6.45, 7) is 4.45. The number of aryl methyl sites for hydroxylation is 2. The van der Waals surface area contributed by atoms with Gasteiger partial charge in [-0.3, -0.25) is 4.98 Å². The highest BCUT2D eigenvalue weighted by molar-refractivity contribution is 7.91. The van der Waals surface area contributed by atoms with Gasteiger partial charge in [0.25, 0.3) is 10.0 Å². The van der Waals surface area contributed by atoms with Crippen LogP contribution in [0.25, 0.3) is 11.1 Å². The van der Waals surface area contributed by atoms with Crippen molar-refractivity contribution in [2.45, 2.75) is 18.1 Å². The number of aromatic nitrogens is 1. The molecule has 30 heavy (non-hydrogen) atoms. The summed E-state index contributed by atoms with van der Waals surface area (Å²) < 4.78 is 42.5. The topological polar surface area (TPSA) is 112 Å². The Hall–Kier alpha value is -2.34. The number of thiophene rings is 1. The predicted octanol–water partition coefficient (Wildman–Crippen LogP) is 2.02. The minimum Gasteiger partial charge on any atom is -0.465 e. The van der Waals surface area contributed by atoms with Crippen LogP contribution < -0.4 is 0 Å². The lowest BCUT2D eigenvalue weighted by molar-refractivity contribution is 0.0599. The summed E-state index contributed by atoms with van der Waals surface area (Å²) in [5.41, 5.74) is 1.57. The number of carbonyl (C=O) groups excluding carboxylic acids is 2. The Balaban J connectivity index is 2.20. The first-order valence-corrected chi connectivity index (χ1v) is 11.4. The quantitative estimate of drug-likeness (QED) is 0.631. The van der Waals surface area contributed by atoms with Crippen LogP contribution in [0.2, 0.25) is 0 Å². The molecule has 0 amide bonds. The number of hydrogen-bond donors (Lipinski definition) is 0. The summed E-state index contributed by atoms with van der Waals surface area (Å²) >= 11 is 1.02. The van der Waals surface area contributed by atoms with Crippen LogP contribution in [0.5, 0.6) is 0 Å². The minimum absolute atomic E-state index is 0.0941. The Labute approximate surface area is 178 Å². The Morgan fingerprint density at radius 2 is 1.60 bits per heavy atom. The van der Waals surface area contributed by atoms with Crippen LogP contribution >= 0.6 is 11.3 Å². The van der Waals surface area contributed by atoms with Crippen molar-refractivity contribution in [1.29, 1.82) is 0 Å². The number of pyridine rings is 1. The molecule has 0 bridgehead atoms. The molecule has 2 aromatic rings. The van der Waals surface area contributed by atoms with E-state index in [0.29, 0.717) is 30.2 Å². The molecule has 0 spiro atoms. The Morgan fingerprint density at radius 1 is 1.07 bits per heavy atom. The van der Waals surface area contributed by atoms with E-state index in [2.05, 4.69) is 4.98 Å². The molecule has 3 heterocycles. The zero-order valence-corrected chi connectivity index (χ0v) is 18.7. The normalized spacial score (nSPS) is 15.1. The maximum Gasteiger partial charge on any atom is 0.340 e. The first-order chi connectivity index (χ1) is 14.2. The summed E-state index contributed by atoms with van der Waals surface area (Å²) in [5, 5.41) is 1.60. The number of morpholine rings is 1. The maximum atomic E-state index is 13.0. The third-order valence-corrected chi connectivity index (χ3v) is 8.08. The smallest absolute Gasteiger partial charge is 0.340 e. The Kier molecular flexibility index (Phi) is 6.56. The van der Waals surface area contributed by atoms with Gasteiger partial charge in [0.2, 0.25) is 0 Å². The lowest BCUT2D eigenvalue weighted by Gasteiger charge is -2.25. The largest absolute Gasteiger partial charge is 0.465 e. The molecule has 0 saturated carbocycles. The van der Waals surface area contributed by atoms with Gasteiger partial charge < -0.3 is 14.2 Å². The summed E-state index contributed by atoms with van der Waals surface area (Å²) in [5.74, 6) is -1.35. The van der Waals surface area contributed by atoms with Gasteiger partial charge in [-0.25, -0.2) is 18.0 Å². The number of ether oxygens (including phenoxy) is 3. The fourth-order valence-corrected chi connectivity index (χ4v) is 6.07. The van der Waals surface area contributed by atoms with E-state index in [1.807, 2.05) is 0 Å². The molecule has 11 heteroatoms. The van der Waals surface area contributed by atoms with Crippen molar-refractivity contribution in [2.75, 3.05) is 40.5 Å². The van der Waals surface area contributed by atoms with Gasteiger partial charge >= 0.3 is 11.9 Å². The standard InChI is InChI=1S/C19H22N2O7S2/c1-11-15(18(22)26-3)17(16(12(2)20-11)19(23)27-4)13-9-14(29-10-13)30(24,25)21-5-7-28-8-6-21/h9-10H,5-8H2,1-4H3. The molecule has 0 atom stereocenters. The SMILES string of the molecule is COC(=O)c1c(C)nc(C)c(C(=O)OC)c1-c1csc(S(=O)(=O)N2CCOCC2)c1. The van der Waals surface area contributed by atoms with Gasteiger partial charge in [-0.15, -0.1) is 11.3 Å². The van der Waals surface area contributed by atoms with Crippen LogP contribution in [0, 0.1) is 13.8 Å². The number of methoxy groups -OCH3 is 2. The predicted molar refractivity (Wildman–Crippen MR) is 109 cm³/mol. The third-order valence-electron chi connectivity index (χ3n) is 4.77. The molecule has 1 saturated heterocycles. The van der Waals surface area contributed by atoms with Crippen LogP contribution in [-0.2, 0) is 24.2 Å². The number of esters is 2. The molecule has 1 fully saturated rings. The number of sulfonamides is 1. The Morgan fingerprint density at radius 3 is 2.10 bits per heavy atom. The van der Waals surface area contributed by atoms with Gasteiger partial charge in [-0.05, 0) is 25.5 Å². The van der Waals surface area contributed by atoms with Crippen molar-refractivity contribution in [3.05, 3.63) is 34.0 Å². The summed E-state index contributed by atoms with van der Waals surface area (Å²) in [6.07, 6.45) is 0. The lowest BCUT2D eigenvalue weighted by Crippen LogP contribution is -2.40. The second kappa shape index (κ2) is 8.80. The van der Waals surface area contributed by atoms with E-state index in [0.717, 1.165) is 11.3 Å². The van der Waals surface area contributed by atoms with Gasteiger partial charge in [0, 0.05) is 24.0 Å². The molecule has 162 valence electrons. The molecule has 1 aliphatic rings. The molecule has 0 N–H and O–H groups in total. The van der Waals surface area contributed by atoms with E-state index >= 15 is 0 Å². The van der Waals surface area contributed by atoms with Gasteiger partial charge in [-0.2, -0.15) is 4.31 Å². The van der Waals surface area contributed by atoms with Crippen LogP contribution in [0.4, 0.5) is 0 Å². The second-order valence-corrected chi connectivity index (χ2v) is 9.64. The van der Waals surface area contributed by atoms with Crippen molar-refractivity contribution >= 4 is 33.3 Å². The zero-order valence-electron chi connectivity index (χ0n) is 17.1. The van der Waals surface area contributed by atoms with Crippen LogP contribution in [0.1, 0.15) is 32.1 Å². The molecular formula is C19H22N2O7S2. The van der Waals surface area contributed by atoms with E-state index in [1.165, 1.54) is 24.6 Å². The highest BCUT2D eigenvalue weighted by atomic mass is 32.2. The summed E-state index contributed by atoms with van der Waals surface area (Å²) in [7, 11) is -1.27. The number of carbonyl (C=O) groups is 2. The molecule has 9 nitrogen and oxygen atoms in total. The number of rotatable bonds is 5. The average molecular weight is 455 g/mol. The first kappa shape index (κ1) is 22.3. The molecule has 0 aromatic carbocycles. The van der Waals surface area contributed by atoms with Crippen molar-refractivity contribution in [1.82, 2.24) is 9.29 Å². The highest BCUT2D eigenvalue weighted by Gasteiger charge is 2.31. The van der Waals surface area contributed by atoms with Crippen molar-refractivity contribution < 1.29 is 32.2 Å². The van der Waals surface area contributed by atoms with Crippen molar-refractivity contribution in [2.24, 2.45) is 0 Å². The number of nitrogens with zero attached hydrogens (tertiary/aromatic N) is 2. The van der Waals surface area contributed by atoms with Crippen LogP contribution in [0.3, 0.4) is 0 Å². The van der Waals surface area contributed by atoms with Gasteiger partial charge in [0.05, 0.1) is 49.9 Å². The molecule has 2 aromatic heterocycles. The second-order valence-electron chi connectivity index (χ2n) is 6.56. The fourth-order valence-electron chi connectivity index (χ4n) is 3.34.